The highest BCUT2D eigenvalue weighted by molar-refractivity contribution is 7.15. The van der Waals surface area contributed by atoms with Gasteiger partial charge in [0.05, 0.1) is 29.6 Å². The number of phenols is 1. The average Bonchev–Trinajstić information content (AvgIpc) is 3.42. The second kappa shape index (κ2) is 10.5. The number of nitrogens with one attached hydrogen (secondary N) is 2. The standard InChI is InChI=1S/C23H31ClN6O3S/c1-23(2,3)19-13-20(30(28-19)15-4-5-18(31)17(24)12-15)26-21(32)27-22-25-14-16(34-22)6-7-29-8-10-33-11-9-29/h4-5,12-14,21,26,31-32H,6-11H2,1-3H3,(H,25,27). The molecule has 0 amide bonds. The van der Waals surface area contributed by atoms with E-state index in [9.17, 15) is 10.2 Å². The van der Waals surface area contributed by atoms with Gasteiger partial charge in [-0.25, -0.2) is 9.67 Å². The number of aliphatic hydroxyl groups excluding tert-OH is 1. The van der Waals surface area contributed by atoms with Crippen molar-refractivity contribution in [3.05, 3.63) is 46.1 Å². The number of aromatic nitrogens is 3. The van der Waals surface area contributed by atoms with Crippen LogP contribution in [0, 0.1) is 0 Å². The fourth-order valence-electron chi connectivity index (χ4n) is 3.55. The lowest BCUT2D eigenvalue weighted by atomic mass is 9.92. The molecule has 1 atom stereocenters. The van der Waals surface area contributed by atoms with Gasteiger partial charge >= 0.3 is 0 Å². The van der Waals surface area contributed by atoms with E-state index in [0.29, 0.717) is 16.6 Å². The van der Waals surface area contributed by atoms with Crippen molar-refractivity contribution < 1.29 is 14.9 Å². The van der Waals surface area contributed by atoms with E-state index >= 15 is 0 Å². The van der Waals surface area contributed by atoms with Crippen molar-refractivity contribution in [3.8, 4) is 11.4 Å². The van der Waals surface area contributed by atoms with Gasteiger partial charge in [-0.2, -0.15) is 5.10 Å². The largest absolute Gasteiger partial charge is 0.506 e. The topological polar surface area (TPSA) is 108 Å². The first-order chi connectivity index (χ1) is 16.2. The lowest BCUT2D eigenvalue weighted by Crippen LogP contribution is -2.37. The van der Waals surface area contributed by atoms with Gasteiger partial charge in [-0.15, -0.1) is 11.3 Å². The molecule has 11 heteroatoms. The molecule has 184 valence electrons. The number of aliphatic hydroxyl groups is 1. The normalized spacial score (nSPS) is 15.9. The average molecular weight is 507 g/mol. The van der Waals surface area contributed by atoms with Crippen molar-refractivity contribution >= 4 is 33.9 Å². The van der Waals surface area contributed by atoms with E-state index in [1.54, 1.807) is 16.8 Å². The molecule has 3 aromatic rings. The van der Waals surface area contributed by atoms with Crippen molar-refractivity contribution in [3.63, 3.8) is 0 Å². The zero-order chi connectivity index (χ0) is 24.3. The lowest BCUT2D eigenvalue weighted by molar-refractivity contribution is 0.0385. The number of rotatable bonds is 8. The summed E-state index contributed by atoms with van der Waals surface area (Å²) in [7, 11) is 0. The maximum atomic E-state index is 10.7. The molecule has 1 fully saturated rings. The number of aromatic hydroxyl groups is 1. The molecule has 0 bridgehead atoms. The van der Waals surface area contributed by atoms with Crippen LogP contribution in [-0.4, -0.2) is 69.1 Å². The van der Waals surface area contributed by atoms with Crippen molar-refractivity contribution in [1.29, 1.82) is 0 Å². The van der Waals surface area contributed by atoms with Crippen molar-refractivity contribution in [1.82, 2.24) is 19.7 Å². The Kier molecular flexibility index (Phi) is 7.63. The van der Waals surface area contributed by atoms with E-state index in [-0.39, 0.29) is 16.2 Å². The molecule has 1 aliphatic rings. The summed E-state index contributed by atoms with van der Waals surface area (Å²) in [6.45, 7) is 10.7. The Labute approximate surface area is 208 Å². The molecule has 0 saturated carbocycles. The smallest absolute Gasteiger partial charge is 0.205 e. The molecular weight excluding hydrogens is 476 g/mol. The summed E-state index contributed by atoms with van der Waals surface area (Å²) in [5.74, 6) is 0.578. The molecule has 1 unspecified atom stereocenters. The van der Waals surface area contributed by atoms with Gasteiger partial charge in [-0.05, 0) is 24.6 Å². The monoisotopic (exact) mass is 506 g/mol. The third-order valence-corrected chi connectivity index (χ3v) is 6.82. The van der Waals surface area contributed by atoms with Crippen LogP contribution in [0.1, 0.15) is 31.3 Å². The van der Waals surface area contributed by atoms with Gasteiger partial charge in [-0.1, -0.05) is 32.4 Å². The molecule has 9 nitrogen and oxygen atoms in total. The number of morpholine rings is 1. The maximum Gasteiger partial charge on any atom is 0.205 e. The summed E-state index contributed by atoms with van der Waals surface area (Å²) < 4.78 is 7.06. The molecule has 0 aliphatic carbocycles. The van der Waals surface area contributed by atoms with E-state index in [2.05, 4.69) is 41.3 Å². The molecule has 3 heterocycles. The summed E-state index contributed by atoms with van der Waals surface area (Å²) in [4.78, 5) is 7.94. The predicted octanol–water partition coefficient (Wildman–Crippen LogP) is 3.66. The van der Waals surface area contributed by atoms with Gasteiger partial charge in [0.2, 0.25) is 6.35 Å². The second-order valence-electron chi connectivity index (χ2n) is 9.24. The Bertz CT molecular complexity index is 1110. The molecule has 34 heavy (non-hydrogen) atoms. The third kappa shape index (κ3) is 6.19. The van der Waals surface area contributed by atoms with Gasteiger partial charge in [0.25, 0.3) is 0 Å². The Balaban J connectivity index is 1.44. The van der Waals surface area contributed by atoms with Crippen LogP contribution < -0.4 is 10.6 Å². The van der Waals surface area contributed by atoms with Crippen LogP contribution in [-0.2, 0) is 16.6 Å². The Morgan fingerprint density at radius 2 is 1.97 bits per heavy atom. The third-order valence-electron chi connectivity index (χ3n) is 5.53. The van der Waals surface area contributed by atoms with Crippen LogP contribution in [0.25, 0.3) is 5.69 Å². The Morgan fingerprint density at radius 1 is 1.21 bits per heavy atom. The number of benzene rings is 1. The van der Waals surface area contributed by atoms with Crippen molar-refractivity contribution in [2.24, 2.45) is 0 Å². The highest BCUT2D eigenvalue weighted by Gasteiger charge is 2.22. The zero-order valence-electron chi connectivity index (χ0n) is 19.6. The number of phenolic OH excluding ortho intramolecular Hbond substituents is 1. The molecule has 1 aromatic carbocycles. The van der Waals surface area contributed by atoms with E-state index < -0.39 is 6.35 Å². The summed E-state index contributed by atoms with van der Waals surface area (Å²) in [6.07, 6.45) is 1.67. The van der Waals surface area contributed by atoms with E-state index in [0.717, 1.165) is 49.8 Å². The van der Waals surface area contributed by atoms with Crippen LogP contribution in [0.5, 0.6) is 5.75 Å². The van der Waals surface area contributed by atoms with Crippen LogP contribution in [0.15, 0.2) is 30.5 Å². The van der Waals surface area contributed by atoms with Crippen molar-refractivity contribution in [2.75, 3.05) is 43.5 Å². The first kappa shape index (κ1) is 24.7. The molecule has 4 N–H and O–H groups in total. The second-order valence-corrected chi connectivity index (χ2v) is 10.8. The van der Waals surface area contributed by atoms with Gasteiger partial charge in [0.15, 0.2) is 5.13 Å². The first-order valence-electron chi connectivity index (χ1n) is 11.2. The Hall–Kier alpha value is -2.37. The fraction of sp³-hybridized carbons (Fsp3) is 0.478. The van der Waals surface area contributed by atoms with Gasteiger partial charge in [-0.3, -0.25) is 4.90 Å². The summed E-state index contributed by atoms with van der Waals surface area (Å²) in [6, 6.07) is 6.75. The minimum Gasteiger partial charge on any atom is -0.506 e. The quantitative estimate of drug-likeness (QED) is 0.343. The number of ether oxygens (including phenoxy) is 1. The number of thiazole rings is 1. The molecule has 0 radical (unpaired) electrons. The summed E-state index contributed by atoms with van der Waals surface area (Å²) in [5, 5.41) is 32.1. The molecule has 1 aliphatic heterocycles. The van der Waals surface area contributed by atoms with Crippen LogP contribution in [0.4, 0.5) is 10.9 Å². The number of halogens is 1. The van der Waals surface area contributed by atoms with Gasteiger partial charge in [0, 0.05) is 42.2 Å². The molecule has 0 spiro atoms. The SMILES string of the molecule is CC(C)(C)c1cc(NC(O)Nc2ncc(CCN3CCOCC3)s2)n(-c2ccc(O)c(Cl)c2)n1. The van der Waals surface area contributed by atoms with Crippen LogP contribution in [0.3, 0.4) is 0 Å². The van der Waals surface area contributed by atoms with E-state index in [1.807, 2.05) is 12.3 Å². The minimum absolute atomic E-state index is 0.00183. The maximum absolute atomic E-state index is 10.7. The number of anilines is 2. The number of nitrogens with zero attached hydrogens (tertiary/aromatic N) is 4. The van der Waals surface area contributed by atoms with Crippen LogP contribution in [0.2, 0.25) is 5.02 Å². The zero-order valence-corrected chi connectivity index (χ0v) is 21.2. The highest BCUT2D eigenvalue weighted by atomic mass is 35.5. The van der Waals surface area contributed by atoms with Gasteiger partial charge in [0.1, 0.15) is 11.6 Å². The summed E-state index contributed by atoms with van der Waals surface area (Å²) in [5.41, 5.74) is 1.30. The highest BCUT2D eigenvalue weighted by Crippen LogP contribution is 2.30. The molecule has 1 saturated heterocycles. The summed E-state index contributed by atoms with van der Waals surface area (Å²) >= 11 is 7.64. The van der Waals surface area contributed by atoms with E-state index in [1.165, 1.54) is 17.4 Å². The fourth-order valence-corrected chi connectivity index (χ4v) is 4.55. The molecule has 4 rings (SSSR count). The van der Waals surface area contributed by atoms with E-state index in [4.69, 9.17) is 21.4 Å². The number of hydrogen-bond acceptors (Lipinski definition) is 9. The van der Waals surface area contributed by atoms with Crippen LogP contribution >= 0.6 is 22.9 Å². The van der Waals surface area contributed by atoms with Gasteiger partial charge < -0.3 is 25.6 Å². The predicted molar refractivity (Wildman–Crippen MR) is 135 cm³/mol. The first-order valence-corrected chi connectivity index (χ1v) is 12.4. The Morgan fingerprint density at radius 3 is 2.68 bits per heavy atom. The van der Waals surface area contributed by atoms with Crippen molar-refractivity contribution in [2.45, 2.75) is 39.0 Å². The minimum atomic E-state index is -1.09. The lowest BCUT2D eigenvalue weighted by Gasteiger charge is -2.26. The number of hydrogen-bond donors (Lipinski definition) is 4. The molecular formula is C23H31ClN6O3S. The molecule has 2 aromatic heterocycles.